The molecule has 1 atom stereocenters. The van der Waals surface area contributed by atoms with Gasteiger partial charge in [-0.15, -0.1) is 0 Å². The molecule has 0 saturated heterocycles. The molecule has 0 amide bonds. The number of benzene rings is 2. The normalized spacial score (nSPS) is 12.0. The first-order chi connectivity index (χ1) is 11.1. The molecule has 2 rings (SSSR count). The number of rotatable bonds is 8. The lowest BCUT2D eigenvalue weighted by Gasteiger charge is -2.19. The Bertz CT molecular complexity index is 625. The van der Waals surface area contributed by atoms with Crippen molar-refractivity contribution >= 4 is 0 Å². The summed E-state index contributed by atoms with van der Waals surface area (Å²) in [6.07, 6.45) is 1.13. The van der Waals surface area contributed by atoms with E-state index in [0.29, 0.717) is 0 Å². The Morgan fingerprint density at radius 3 is 2.57 bits per heavy atom. The maximum Gasteiger partial charge on any atom is 0.166 e. The van der Waals surface area contributed by atoms with E-state index < -0.39 is 0 Å². The van der Waals surface area contributed by atoms with Crippen molar-refractivity contribution in [1.82, 2.24) is 5.32 Å². The van der Waals surface area contributed by atoms with Crippen molar-refractivity contribution in [2.45, 2.75) is 46.4 Å². The molecule has 0 radical (unpaired) electrons. The van der Waals surface area contributed by atoms with Crippen molar-refractivity contribution in [1.29, 1.82) is 0 Å². The van der Waals surface area contributed by atoms with Crippen molar-refractivity contribution in [3.05, 3.63) is 59.2 Å². The number of hydrogen-bond acceptors (Lipinski definition) is 3. The quantitative estimate of drug-likeness (QED) is 0.780. The van der Waals surface area contributed by atoms with Crippen LogP contribution < -0.4 is 14.8 Å². The lowest BCUT2D eigenvalue weighted by Crippen LogP contribution is -2.16. The van der Waals surface area contributed by atoms with E-state index >= 15 is 0 Å². The summed E-state index contributed by atoms with van der Waals surface area (Å²) in [5.41, 5.74) is 3.70. The Labute approximate surface area is 139 Å². The molecular weight excluding hydrogens is 286 g/mol. The Balaban J connectivity index is 2.06. The first-order valence-corrected chi connectivity index (χ1v) is 8.22. The third-order valence-electron chi connectivity index (χ3n) is 3.90. The zero-order chi connectivity index (χ0) is 16.7. The second kappa shape index (κ2) is 8.59. The van der Waals surface area contributed by atoms with Gasteiger partial charge in [-0.05, 0) is 31.9 Å². The van der Waals surface area contributed by atoms with E-state index in [2.05, 4.69) is 56.4 Å². The van der Waals surface area contributed by atoms with Gasteiger partial charge in [-0.3, -0.25) is 0 Å². The van der Waals surface area contributed by atoms with Crippen LogP contribution in [0.15, 0.2) is 42.5 Å². The van der Waals surface area contributed by atoms with Crippen molar-refractivity contribution in [2.24, 2.45) is 0 Å². The summed E-state index contributed by atoms with van der Waals surface area (Å²) in [6.45, 7) is 7.90. The monoisotopic (exact) mass is 313 g/mol. The van der Waals surface area contributed by atoms with Crippen LogP contribution in [0, 0.1) is 6.92 Å². The van der Waals surface area contributed by atoms with Crippen molar-refractivity contribution in [3.63, 3.8) is 0 Å². The zero-order valence-electron chi connectivity index (χ0n) is 14.6. The highest BCUT2D eigenvalue weighted by molar-refractivity contribution is 5.46. The van der Waals surface area contributed by atoms with Crippen LogP contribution >= 0.6 is 0 Å². The van der Waals surface area contributed by atoms with E-state index in [1.54, 1.807) is 7.11 Å². The summed E-state index contributed by atoms with van der Waals surface area (Å²) in [7, 11) is 1.68. The minimum atomic E-state index is 0.168. The van der Waals surface area contributed by atoms with E-state index in [1.807, 2.05) is 12.1 Å². The van der Waals surface area contributed by atoms with Crippen molar-refractivity contribution in [3.8, 4) is 11.5 Å². The predicted molar refractivity (Wildman–Crippen MR) is 95.1 cm³/mol. The highest BCUT2D eigenvalue weighted by Crippen LogP contribution is 2.32. The van der Waals surface area contributed by atoms with Crippen LogP contribution in [-0.2, 0) is 13.1 Å². The molecule has 0 spiro atoms. The Kier molecular flexibility index (Phi) is 6.48. The number of hydrogen-bond donors (Lipinski definition) is 1. The topological polar surface area (TPSA) is 30.5 Å². The number of para-hydroxylation sites is 1. The Morgan fingerprint density at radius 1 is 1.09 bits per heavy atom. The molecule has 124 valence electrons. The summed E-state index contributed by atoms with van der Waals surface area (Å²) < 4.78 is 11.5. The largest absolute Gasteiger partial charge is 0.493 e. The molecule has 3 nitrogen and oxygen atoms in total. The fraction of sp³-hybridized carbons (Fsp3) is 0.400. The molecule has 1 N–H and O–H groups in total. The Hall–Kier alpha value is -2.00. The molecule has 0 aliphatic rings. The second-order valence-electron chi connectivity index (χ2n) is 5.88. The van der Waals surface area contributed by atoms with E-state index in [9.17, 15) is 0 Å². The van der Waals surface area contributed by atoms with Crippen LogP contribution in [0.2, 0.25) is 0 Å². The summed E-state index contributed by atoms with van der Waals surface area (Å²) >= 11 is 0. The zero-order valence-corrected chi connectivity index (χ0v) is 14.6. The van der Waals surface area contributed by atoms with E-state index in [-0.39, 0.29) is 6.10 Å². The molecular formula is C20H27NO2. The first-order valence-electron chi connectivity index (χ1n) is 8.22. The molecule has 1 unspecified atom stereocenters. The standard InChI is InChI=1S/C20H27NO2/c1-5-16(3)23-20-18(10-7-11-19(20)22-4)14-21-13-17-9-6-8-15(2)12-17/h6-12,16,21H,5,13-14H2,1-4H3. The molecule has 0 aliphatic heterocycles. The van der Waals surface area contributed by atoms with Crippen LogP contribution in [0.3, 0.4) is 0 Å². The van der Waals surface area contributed by atoms with Gasteiger partial charge >= 0.3 is 0 Å². The fourth-order valence-electron chi connectivity index (χ4n) is 2.44. The smallest absolute Gasteiger partial charge is 0.166 e. The minimum absolute atomic E-state index is 0.168. The Morgan fingerprint density at radius 2 is 1.87 bits per heavy atom. The third-order valence-corrected chi connectivity index (χ3v) is 3.90. The lowest BCUT2D eigenvalue weighted by molar-refractivity contribution is 0.205. The molecule has 0 heterocycles. The molecule has 2 aromatic rings. The van der Waals surface area contributed by atoms with Gasteiger partial charge in [0.1, 0.15) is 0 Å². The van der Waals surface area contributed by atoms with Crippen LogP contribution in [0.4, 0.5) is 0 Å². The van der Waals surface area contributed by atoms with E-state index in [1.165, 1.54) is 11.1 Å². The summed E-state index contributed by atoms with van der Waals surface area (Å²) in [5, 5.41) is 3.49. The third kappa shape index (κ3) is 5.00. The molecule has 2 aromatic carbocycles. The average Bonchev–Trinajstić information content (AvgIpc) is 2.56. The van der Waals surface area contributed by atoms with Gasteiger partial charge in [-0.1, -0.05) is 48.9 Å². The highest BCUT2D eigenvalue weighted by atomic mass is 16.5. The van der Waals surface area contributed by atoms with Crippen LogP contribution in [-0.4, -0.2) is 13.2 Å². The maximum atomic E-state index is 6.07. The van der Waals surface area contributed by atoms with Gasteiger partial charge in [0.15, 0.2) is 11.5 Å². The van der Waals surface area contributed by atoms with E-state index in [0.717, 1.165) is 36.6 Å². The first kappa shape index (κ1) is 17.4. The number of methoxy groups -OCH3 is 1. The van der Waals surface area contributed by atoms with Gasteiger partial charge in [0.25, 0.3) is 0 Å². The molecule has 3 heteroatoms. The number of aryl methyl sites for hydroxylation is 1. The highest BCUT2D eigenvalue weighted by Gasteiger charge is 2.13. The number of nitrogens with one attached hydrogen (secondary N) is 1. The minimum Gasteiger partial charge on any atom is -0.493 e. The molecule has 0 fully saturated rings. The summed E-state index contributed by atoms with van der Waals surface area (Å²) in [6, 6.07) is 14.6. The van der Waals surface area contributed by atoms with Crippen LogP contribution in [0.25, 0.3) is 0 Å². The number of ether oxygens (including phenoxy) is 2. The van der Waals surface area contributed by atoms with Crippen molar-refractivity contribution in [2.75, 3.05) is 7.11 Å². The van der Waals surface area contributed by atoms with Gasteiger partial charge in [0.2, 0.25) is 0 Å². The fourth-order valence-corrected chi connectivity index (χ4v) is 2.44. The molecule has 0 aromatic heterocycles. The maximum absolute atomic E-state index is 6.07. The van der Waals surface area contributed by atoms with Gasteiger partial charge in [-0.25, -0.2) is 0 Å². The molecule has 0 aliphatic carbocycles. The lowest BCUT2D eigenvalue weighted by atomic mass is 10.1. The van der Waals surface area contributed by atoms with Gasteiger partial charge in [-0.2, -0.15) is 0 Å². The molecule has 0 bridgehead atoms. The van der Waals surface area contributed by atoms with E-state index in [4.69, 9.17) is 9.47 Å². The predicted octanol–water partition coefficient (Wildman–Crippen LogP) is 4.47. The summed E-state index contributed by atoms with van der Waals surface area (Å²) in [4.78, 5) is 0. The van der Waals surface area contributed by atoms with Gasteiger partial charge < -0.3 is 14.8 Å². The van der Waals surface area contributed by atoms with Crippen LogP contribution in [0.1, 0.15) is 37.0 Å². The van der Waals surface area contributed by atoms with Gasteiger partial charge in [0.05, 0.1) is 13.2 Å². The van der Waals surface area contributed by atoms with Crippen molar-refractivity contribution < 1.29 is 9.47 Å². The average molecular weight is 313 g/mol. The van der Waals surface area contributed by atoms with Crippen LogP contribution in [0.5, 0.6) is 11.5 Å². The second-order valence-corrected chi connectivity index (χ2v) is 5.88. The van der Waals surface area contributed by atoms with Gasteiger partial charge in [0, 0.05) is 18.7 Å². The summed E-state index contributed by atoms with van der Waals surface area (Å²) in [5.74, 6) is 1.64. The molecule has 23 heavy (non-hydrogen) atoms. The SMILES string of the molecule is CCC(C)Oc1c(CNCc2cccc(C)c2)cccc1OC. The molecule has 0 saturated carbocycles.